The first-order valence-corrected chi connectivity index (χ1v) is 7.64. The predicted octanol–water partition coefficient (Wildman–Crippen LogP) is 5.01. The van der Waals surface area contributed by atoms with Crippen molar-refractivity contribution in [2.45, 2.75) is 12.3 Å². The SMILES string of the molecule is N#CC(C#N)C(CC(=O)c1ccc(Cl)cc1)c1cccc(Cl)c1. The molecule has 0 aromatic heterocycles. The molecular formula is C18H12Cl2N2O. The Morgan fingerprint density at radius 2 is 1.65 bits per heavy atom. The van der Waals surface area contributed by atoms with Gasteiger partial charge in [-0.15, -0.1) is 0 Å². The van der Waals surface area contributed by atoms with Crippen molar-refractivity contribution in [2.75, 3.05) is 0 Å². The third kappa shape index (κ3) is 4.33. The van der Waals surface area contributed by atoms with Crippen LogP contribution in [0.25, 0.3) is 0 Å². The molecule has 2 aromatic carbocycles. The van der Waals surface area contributed by atoms with Gasteiger partial charge < -0.3 is 0 Å². The summed E-state index contributed by atoms with van der Waals surface area (Å²) >= 11 is 11.8. The molecule has 23 heavy (non-hydrogen) atoms. The van der Waals surface area contributed by atoms with E-state index in [0.29, 0.717) is 21.2 Å². The van der Waals surface area contributed by atoms with Gasteiger partial charge in [0, 0.05) is 27.9 Å². The molecule has 0 amide bonds. The van der Waals surface area contributed by atoms with E-state index in [1.54, 1.807) is 48.5 Å². The topological polar surface area (TPSA) is 64.7 Å². The molecule has 1 unspecified atom stereocenters. The Balaban J connectivity index is 2.32. The van der Waals surface area contributed by atoms with Crippen molar-refractivity contribution in [1.82, 2.24) is 0 Å². The van der Waals surface area contributed by atoms with Crippen LogP contribution in [0.15, 0.2) is 48.5 Å². The second-order valence-corrected chi connectivity index (χ2v) is 5.90. The molecule has 0 heterocycles. The van der Waals surface area contributed by atoms with Crippen LogP contribution in [0.3, 0.4) is 0 Å². The van der Waals surface area contributed by atoms with Crippen LogP contribution in [0.2, 0.25) is 10.0 Å². The number of halogens is 2. The maximum Gasteiger partial charge on any atom is 0.163 e. The number of carbonyl (C=O) groups excluding carboxylic acids is 1. The molecule has 0 N–H and O–H groups in total. The molecule has 0 aliphatic carbocycles. The molecule has 1 atom stereocenters. The van der Waals surface area contributed by atoms with E-state index in [1.807, 2.05) is 12.1 Å². The minimum atomic E-state index is -0.926. The van der Waals surface area contributed by atoms with Crippen LogP contribution >= 0.6 is 23.2 Å². The van der Waals surface area contributed by atoms with Crippen LogP contribution in [0.4, 0.5) is 0 Å². The zero-order valence-electron chi connectivity index (χ0n) is 12.0. The number of ketones is 1. The highest BCUT2D eigenvalue weighted by Crippen LogP contribution is 2.31. The van der Waals surface area contributed by atoms with Crippen LogP contribution in [-0.2, 0) is 0 Å². The molecule has 114 valence electrons. The second-order valence-electron chi connectivity index (χ2n) is 5.03. The molecule has 0 radical (unpaired) electrons. The quantitative estimate of drug-likeness (QED) is 0.717. The third-order valence-electron chi connectivity index (χ3n) is 3.53. The van der Waals surface area contributed by atoms with Crippen LogP contribution in [0, 0.1) is 28.6 Å². The lowest BCUT2D eigenvalue weighted by molar-refractivity contribution is 0.0971. The fraction of sp³-hybridized carbons (Fsp3) is 0.167. The van der Waals surface area contributed by atoms with E-state index < -0.39 is 11.8 Å². The Morgan fingerprint density at radius 3 is 2.22 bits per heavy atom. The summed E-state index contributed by atoms with van der Waals surface area (Å²) in [5, 5.41) is 19.5. The Hall–Kier alpha value is -2.33. The number of hydrogen-bond acceptors (Lipinski definition) is 3. The third-order valence-corrected chi connectivity index (χ3v) is 4.02. The standard InChI is InChI=1S/C18H12Cl2N2O/c19-15-6-4-12(5-7-15)18(23)9-17(14(10-21)11-22)13-2-1-3-16(20)8-13/h1-8,14,17H,9H2. The smallest absolute Gasteiger partial charge is 0.163 e. The van der Waals surface area contributed by atoms with Crippen LogP contribution in [0.1, 0.15) is 28.3 Å². The second kappa shape index (κ2) is 7.79. The highest BCUT2D eigenvalue weighted by atomic mass is 35.5. The first kappa shape index (κ1) is 17.0. The van der Waals surface area contributed by atoms with E-state index in [1.165, 1.54) is 0 Å². The summed E-state index contributed by atoms with van der Waals surface area (Å²) < 4.78 is 0. The van der Waals surface area contributed by atoms with Crippen LogP contribution in [-0.4, -0.2) is 5.78 Å². The van der Waals surface area contributed by atoms with Gasteiger partial charge in [0.05, 0.1) is 12.1 Å². The lowest BCUT2D eigenvalue weighted by Gasteiger charge is -2.17. The van der Waals surface area contributed by atoms with Gasteiger partial charge in [-0.05, 0) is 42.0 Å². The summed E-state index contributed by atoms with van der Waals surface area (Å²) in [5.41, 5.74) is 1.20. The lowest BCUT2D eigenvalue weighted by Crippen LogP contribution is -2.15. The average molecular weight is 343 g/mol. The van der Waals surface area contributed by atoms with E-state index in [2.05, 4.69) is 0 Å². The molecular weight excluding hydrogens is 331 g/mol. The molecule has 0 bridgehead atoms. The predicted molar refractivity (Wildman–Crippen MR) is 89.3 cm³/mol. The highest BCUT2D eigenvalue weighted by molar-refractivity contribution is 6.31. The molecule has 0 saturated carbocycles. The number of rotatable bonds is 5. The highest BCUT2D eigenvalue weighted by Gasteiger charge is 2.26. The van der Waals surface area contributed by atoms with E-state index in [-0.39, 0.29) is 12.2 Å². The van der Waals surface area contributed by atoms with Crippen molar-refractivity contribution < 1.29 is 4.79 Å². The van der Waals surface area contributed by atoms with Gasteiger partial charge in [-0.1, -0.05) is 35.3 Å². The van der Waals surface area contributed by atoms with Gasteiger partial charge in [-0.25, -0.2) is 0 Å². The van der Waals surface area contributed by atoms with Crippen molar-refractivity contribution in [3.8, 4) is 12.1 Å². The minimum absolute atomic E-state index is 0.0494. The summed E-state index contributed by atoms with van der Waals surface area (Å²) in [6.45, 7) is 0. The summed E-state index contributed by atoms with van der Waals surface area (Å²) in [5.74, 6) is -1.61. The molecule has 0 spiro atoms. The average Bonchev–Trinajstić information content (AvgIpc) is 2.55. The number of benzene rings is 2. The maximum absolute atomic E-state index is 12.5. The van der Waals surface area contributed by atoms with Gasteiger partial charge in [-0.3, -0.25) is 4.79 Å². The Morgan fingerprint density at radius 1 is 1.00 bits per heavy atom. The largest absolute Gasteiger partial charge is 0.294 e. The molecule has 2 aromatic rings. The Kier molecular flexibility index (Phi) is 5.77. The van der Waals surface area contributed by atoms with Gasteiger partial charge >= 0.3 is 0 Å². The molecule has 0 saturated heterocycles. The van der Waals surface area contributed by atoms with Gasteiger partial charge in [0.1, 0.15) is 5.92 Å². The fourth-order valence-corrected chi connectivity index (χ4v) is 2.65. The van der Waals surface area contributed by atoms with Crippen molar-refractivity contribution in [3.63, 3.8) is 0 Å². The van der Waals surface area contributed by atoms with Crippen molar-refractivity contribution in [1.29, 1.82) is 10.5 Å². The van der Waals surface area contributed by atoms with Crippen molar-refractivity contribution in [3.05, 3.63) is 69.7 Å². The number of nitrogens with zero attached hydrogens (tertiary/aromatic N) is 2. The van der Waals surface area contributed by atoms with Crippen molar-refractivity contribution in [2.24, 2.45) is 5.92 Å². The molecule has 0 fully saturated rings. The number of carbonyl (C=O) groups is 1. The first-order chi connectivity index (χ1) is 11.0. The summed E-state index contributed by atoms with van der Waals surface area (Å²) in [6.07, 6.45) is 0.0494. The molecule has 0 aliphatic rings. The zero-order valence-corrected chi connectivity index (χ0v) is 13.6. The van der Waals surface area contributed by atoms with Gasteiger partial charge in [0.25, 0.3) is 0 Å². The number of nitriles is 2. The van der Waals surface area contributed by atoms with Crippen molar-refractivity contribution >= 4 is 29.0 Å². The summed E-state index contributed by atoms with van der Waals surface area (Å²) in [6, 6.07) is 17.3. The van der Waals surface area contributed by atoms with E-state index in [4.69, 9.17) is 23.2 Å². The summed E-state index contributed by atoms with van der Waals surface area (Å²) in [7, 11) is 0. The van der Waals surface area contributed by atoms with Gasteiger partial charge in [-0.2, -0.15) is 10.5 Å². The molecule has 2 rings (SSSR count). The normalized spacial score (nSPS) is 11.5. The maximum atomic E-state index is 12.5. The Labute approximate surface area is 144 Å². The molecule has 0 aliphatic heterocycles. The minimum Gasteiger partial charge on any atom is -0.294 e. The molecule has 3 nitrogen and oxygen atoms in total. The summed E-state index contributed by atoms with van der Waals surface area (Å²) in [4.78, 5) is 12.5. The lowest BCUT2D eigenvalue weighted by atomic mass is 9.83. The monoisotopic (exact) mass is 342 g/mol. The van der Waals surface area contributed by atoms with Gasteiger partial charge in [0.15, 0.2) is 5.78 Å². The van der Waals surface area contributed by atoms with E-state index >= 15 is 0 Å². The van der Waals surface area contributed by atoms with E-state index in [9.17, 15) is 15.3 Å². The van der Waals surface area contributed by atoms with E-state index in [0.717, 1.165) is 0 Å². The first-order valence-electron chi connectivity index (χ1n) is 6.88. The molecule has 5 heteroatoms. The number of hydrogen-bond donors (Lipinski definition) is 0. The fourth-order valence-electron chi connectivity index (χ4n) is 2.33. The zero-order chi connectivity index (χ0) is 16.8. The Bertz CT molecular complexity index is 774. The van der Waals surface area contributed by atoms with Crippen LogP contribution < -0.4 is 0 Å². The van der Waals surface area contributed by atoms with Crippen LogP contribution in [0.5, 0.6) is 0 Å². The van der Waals surface area contributed by atoms with Gasteiger partial charge in [0.2, 0.25) is 0 Å². The number of Topliss-reactive ketones (excluding diaryl/α,β-unsaturated/α-hetero) is 1.